The number of nitriles is 1. The highest BCUT2D eigenvalue weighted by Gasteiger charge is 2.31. The quantitative estimate of drug-likeness (QED) is 0.495. The molecule has 0 atom stereocenters. The van der Waals surface area contributed by atoms with Crippen molar-refractivity contribution in [3.63, 3.8) is 0 Å². The molecule has 0 saturated carbocycles. The van der Waals surface area contributed by atoms with E-state index in [1.165, 1.54) is 21.1 Å². The van der Waals surface area contributed by atoms with Crippen LogP contribution in [0, 0.1) is 11.3 Å². The second kappa shape index (κ2) is 9.77. The number of carbonyl (C=O) groups is 1. The van der Waals surface area contributed by atoms with Crippen molar-refractivity contribution in [3.05, 3.63) is 59.1 Å². The number of piperazine rings is 1. The Labute approximate surface area is 192 Å². The van der Waals surface area contributed by atoms with E-state index >= 15 is 0 Å². The number of nitrogens with zero attached hydrogens (tertiary/aromatic N) is 4. The molecule has 1 saturated heterocycles. The zero-order chi connectivity index (χ0) is 22.6. The van der Waals surface area contributed by atoms with Gasteiger partial charge >= 0.3 is 0 Å². The first-order chi connectivity index (χ1) is 15.5. The second-order valence-electron chi connectivity index (χ2n) is 7.68. The van der Waals surface area contributed by atoms with Crippen molar-refractivity contribution < 1.29 is 13.2 Å². The highest BCUT2D eigenvalue weighted by atomic mass is 32.2. The third kappa shape index (κ3) is 4.83. The maximum Gasteiger partial charge on any atom is 0.244 e. The first-order valence-electron chi connectivity index (χ1n) is 10.6. The molecule has 0 aliphatic carbocycles. The van der Waals surface area contributed by atoms with Gasteiger partial charge < -0.3 is 4.90 Å². The van der Waals surface area contributed by atoms with Crippen LogP contribution in [0.15, 0.2) is 53.4 Å². The molecule has 1 fully saturated rings. The minimum Gasteiger partial charge on any atom is -0.340 e. The number of amides is 1. The van der Waals surface area contributed by atoms with E-state index in [4.69, 9.17) is 0 Å². The fourth-order valence-electron chi connectivity index (χ4n) is 3.84. The van der Waals surface area contributed by atoms with E-state index in [0.717, 1.165) is 29.8 Å². The lowest BCUT2D eigenvalue weighted by molar-refractivity contribution is -0.132. The van der Waals surface area contributed by atoms with Crippen molar-refractivity contribution in [3.8, 4) is 6.07 Å². The van der Waals surface area contributed by atoms with Crippen molar-refractivity contribution in [2.75, 3.05) is 26.2 Å². The van der Waals surface area contributed by atoms with Gasteiger partial charge in [0.25, 0.3) is 0 Å². The molecule has 2 heterocycles. The van der Waals surface area contributed by atoms with E-state index in [2.05, 4.69) is 11.1 Å². The van der Waals surface area contributed by atoms with Gasteiger partial charge in [0.2, 0.25) is 15.9 Å². The second-order valence-corrected chi connectivity index (χ2v) is 10.7. The summed E-state index contributed by atoms with van der Waals surface area (Å²) in [7, 11) is -3.75. The molecule has 1 aliphatic rings. The number of benzene rings is 2. The summed E-state index contributed by atoms with van der Waals surface area (Å²) < 4.78 is 28.4. The Morgan fingerprint density at radius 3 is 2.50 bits per heavy atom. The monoisotopic (exact) mass is 468 g/mol. The molecule has 0 N–H and O–H groups in total. The number of carbonyl (C=O) groups excluding carboxylic acids is 1. The average molecular weight is 469 g/mol. The van der Waals surface area contributed by atoms with E-state index in [-0.39, 0.29) is 29.5 Å². The molecule has 0 unspecified atom stereocenters. The highest BCUT2D eigenvalue weighted by Crippen LogP contribution is 2.24. The number of aryl methyl sites for hydroxylation is 1. The van der Waals surface area contributed by atoms with E-state index in [9.17, 15) is 18.5 Å². The standard InChI is InChI=1S/C23H24N4O3S2/c24-17-18-7-1-4-10-21(18)32(29,30)27-15-13-26(14-16-27)23(28)12-6-5-11-22-25-19-8-2-3-9-20(19)31-22/h1-4,7-10H,5-6,11-16H2. The van der Waals surface area contributed by atoms with Crippen molar-refractivity contribution in [1.29, 1.82) is 5.26 Å². The smallest absolute Gasteiger partial charge is 0.244 e. The Morgan fingerprint density at radius 2 is 1.75 bits per heavy atom. The molecule has 1 aromatic heterocycles. The minimum atomic E-state index is -3.75. The summed E-state index contributed by atoms with van der Waals surface area (Å²) >= 11 is 1.70. The Kier molecular flexibility index (Phi) is 6.84. The molecule has 32 heavy (non-hydrogen) atoms. The van der Waals surface area contributed by atoms with Crippen LogP contribution in [0.25, 0.3) is 10.2 Å². The largest absolute Gasteiger partial charge is 0.340 e. The molecule has 7 nitrogen and oxygen atoms in total. The van der Waals surface area contributed by atoms with E-state index in [1.807, 2.05) is 24.3 Å². The summed E-state index contributed by atoms with van der Waals surface area (Å²) in [5.74, 6) is 0.0590. The Hall–Kier alpha value is -2.80. The molecule has 166 valence electrons. The van der Waals surface area contributed by atoms with Crippen molar-refractivity contribution >= 4 is 37.5 Å². The van der Waals surface area contributed by atoms with Crippen LogP contribution in [0.2, 0.25) is 0 Å². The summed E-state index contributed by atoms with van der Waals surface area (Å²) in [5, 5.41) is 10.3. The first-order valence-corrected chi connectivity index (χ1v) is 12.9. The lowest BCUT2D eigenvalue weighted by Gasteiger charge is -2.34. The SMILES string of the molecule is N#Cc1ccccc1S(=O)(=O)N1CCN(C(=O)CCCCc2nc3ccccc3s2)CC1. The van der Waals surface area contributed by atoms with Crippen LogP contribution in [0.4, 0.5) is 0 Å². The molecular weight excluding hydrogens is 444 g/mol. The Bertz CT molecular complexity index is 1220. The van der Waals surface area contributed by atoms with Crippen LogP contribution >= 0.6 is 11.3 Å². The summed E-state index contributed by atoms with van der Waals surface area (Å²) in [6.45, 7) is 1.20. The van der Waals surface area contributed by atoms with Crippen LogP contribution < -0.4 is 0 Å². The molecule has 0 bridgehead atoms. The number of aromatic nitrogens is 1. The van der Waals surface area contributed by atoms with Crippen molar-refractivity contribution in [2.24, 2.45) is 0 Å². The molecule has 0 radical (unpaired) electrons. The lowest BCUT2D eigenvalue weighted by atomic mass is 10.1. The van der Waals surface area contributed by atoms with E-state index in [0.29, 0.717) is 19.5 Å². The van der Waals surface area contributed by atoms with Gasteiger partial charge in [-0.15, -0.1) is 11.3 Å². The summed E-state index contributed by atoms with van der Waals surface area (Å²) in [5.41, 5.74) is 1.16. The Balaban J connectivity index is 1.25. The van der Waals surface area contributed by atoms with Gasteiger partial charge in [-0.25, -0.2) is 13.4 Å². The van der Waals surface area contributed by atoms with Crippen LogP contribution in [-0.2, 0) is 21.2 Å². The van der Waals surface area contributed by atoms with Gasteiger partial charge in [-0.05, 0) is 43.5 Å². The van der Waals surface area contributed by atoms with Gasteiger partial charge in [0.15, 0.2) is 0 Å². The summed E-state index contributed by atoms with van der Waals surface area (Å²) in [6.07, 6.45) is 2.99. The zero-order valence-corrected chi connectivity index (χ0v) is 19.2. The molecule has 0 spiro atoms. The number of para-hydroxylation sites is 1. The maximum atomic E-state index is 12.9. The van der Waals surface area contributed by atoms with Gasteiger partial charge in [-0.1, -0.05) is 24.3 Å². The van der Waals surface area contributed by atoms with Crippen LogP contribution in [-0.4, -0.2) is 54.7 Å². The summed E-state index contributed by atoms with van der Waals surface area (Å²) in [6, 6.07) is 16.2. The van der Waals surface area contributed by atoms with Crippen molar-refractivity contribution in [2.45, 2.75) is 30.6 Å². The Morgan fingerprint density at radius 1 is 1.03 bits per heavy atom. The van der Waals surface area contributed by atoms with Gasteiger partial charge in [-0.2, -0.15) is 9.57 Å². The maximum absolute atomic E-state index is 12.9. The molecule has 9 heteroatoms. The number of fused-ring (bicyclic) bond motifs is 1. The number of thiazole rings is 1. The third-order valence-corrected chi connectivity index (χ3v) is 8.64. The number of sulfonamides is 1. The van der Waals surface area contributed by atoms with Gasteiger partial charge in [-0.3, -0.25) is 4.79 Å². The van der Waals surface area contributed by atoms with Crippen molar-refractivity contribution in [1.82, 2.24) is 14.2 Å². The fourth-order valence-corrected chi connectivity index (χ4v) is 6.41. The normalized spacial score (nSPS) is 15.0. The van der Waals surface area contributed by atoms with Gasteiger partial charge in [0.05, 0.1) is 25.7 Å². The van der Waals surface area contributed by atoms with Crippen LogP contribution in [0.5, 0.6) is 0 Å². The fraction of sp³-hybridized carbons (Fsp3) is 0.348. The summed E-state index contributed by atoms with van der Waals surface area (Å²) in [4.78, 5) is 19.0. The number of rotatable bonds is 7. The average Bonchev–Trinajstić information content (AvgIpc) is 3.24. The predicted molar refractivity (Wildman–Crippen MR) is 124 cm³/mol. The molecule has 2 aromatic carbocycles. The predicted octanol–water partition coefficient (Wildman–Crippen LogP) is 3.41. The van der Waals surface area contributed by atoms with E-state index in [1.54, 1.807) is 28.4 Å². The van der Waals surface area contributed by atoms with Crippen LogP contribution in [0.3, 0.4) is 0 Å². The number of unbranched alkanes of at least 4 members (excludes halogenated alkanes) is 1. The highest BCUT2D eigenvalue weighted by molar-refractivity contribution is 7.89. The molecular formula is C23H24N4O3S2. The molecule has 3 aromatic rings. The van der Waals surface area contributed by atoms with Gasteiger partial charge in [0.1, 0.15) is 6.07 Å². The molecule has 4 rings (SSSR count). The van der Waals surface area contributed by atoms with Crippen LogP contribution in [0.1, 0.15) is 29.8 Å². The molecule has 1 amide bonds. The number of hydrogen-bond acceptors (Lipinski definition) is 6. The topological polar surface area (TPSA) is 94.4 Å². The first kappa shape index (κ1) is 22.4. The lowest BCUT2D eigenvalue weighted by Crippen LogP contribution is -2.50. The van der Waals surface area contributed by atoms with Gasteiger partial charge in [0, 0.05) is 32.6 Å². The minimum absolute atomic E-state index is 0.0251. The number of hydrogen-bond donors (Lipinski definition) is 0. The third-order valence-electron chi connectivity index (χ3n) is 5.59. The van der Waals surface area contributed by atoms with E-state index < -0.39 is 10.0 Å². The molecule has 1 aliphatic heterocycles. The zero-order valence-electron chi connectivity index (χ0n) is 17.6.